The van der Waals surface area contributed by atoms with Crippen LogP contribution >= 0.6 is 0 Å². The van der Waals surface area contributed by atoms with E-state index in [-0.39, 0.29) is 5.41 Å². The van der Waals surface area contributed by atoms with Gasteiger partial charge < -0.3 is 0 Å². The van der Waals surface area contributed by atoms with E-state index < -0.39 is 0 Å². The highest BCUT2D eigenvalue weighted by Gasteiger charge is 2.23. The number of benzene rings is 7. The molecule has 0 fully saturated rings. The highest BCUT2D eigenvalue weighted by molar-refractivity contribution is 6.23. The van der Waals surface area contributed by atoms with Gasteiger partial charge in [0, 0.05) is 22.5 Å². The maximum atomic E-state index is 5.39. The molecule has 0 bridgehead atoms. The van der Waals surface area contributed by atoms with E-state index in [2.05, 4.69) is 160 Å². The summed E-state index contributed by atoms with van der Waals surface area (Å²) in [4.78, 5) is 10.2. The lowest BCUT2D eigenvalue weighted by Gasteiger charge is -2.24. The summed E-state index contributed by atoms with van der Waals surface area (Å²) in [6.07, 6.45) is 1.86. The molecule has 2 heterocycles. The second-order valence-corrected chi connectivity index (χ2v) is 13.8. The predicted octanol–water partition coefficient (Wildman–Crippen LogP) is 12.5. The third-order valence-electron chi connectivity index (χ3n) is 9.82. The molecule has 9 rings (SSSR count). The lowest BCUT2D eigenvalue weighted by Crippen LogP contribution is -2.10. The van der Waals surface area contributed by atoms with E-state index in [1.165, 1.54) is 60.1 Å². The van der Waals surface area contributed by atoms with Crippen molar-refractivity contribution < 1.29 is 0 Å². The van der Waals surface area contributed by atoms with Gasteiger partial charge in [0.15, 0.2) is 0 Å². The van der Waals surface area contributed by atoms with Crippen LogP contribution in [0.4, 0.5) is 0 Å². The zero-order chi connectivity index (χ0) is 32.4. The average molecular weight is 615 g/mol. The Labute approximate surface area is 280 Å². The van der Waals surface area contributed by atoms with Crippen LogP contribution in [0.15, 0.2) is 152 Å². The van der Waals surface area contributed by atoms with Crippen molar-refractivity contribution in [3.8, 4) is 33.5 Å². The van der Waals surface area contributed by atoms with Crippen molar-refractivity contribution in [1.29, 1.82) is 0 Å². The summed E-state index contributed by atoms with van der Waals surface area (Å²) in [6, 6.07) is 53.0. The molecule has 2 heteroatoms. The summed E-state index contributed by atoms with van der Waals surface area (Å²) in [5.74, 6) is 0. The second-order valence-electron chi connectivity index (χ2n) is 13.8. The van der Waals surface area contributed by atoms with Crippen molar-refractivity contribution in [2.75, 3.05) is 0 Å². The van der Waals surface area contributed by atoms with Gasteiger partial charge in [-0.15, -0.1) is 0 Å². The highest BCUT2D eigenvalue weighted by Crippen LogP contribution is 2.48. The van der Waals surface area contributed by atoms with Crippen molar-refractivity contribution >= 4 is 54.1 Å². The van der Waals surface area contributed by atoms with Crippen molar-refractivity contribution in [2.45, 2.75) is 26.2 Å². The minimum absolute atomic E-state index is 0.0191. The summed E-state index contributed by atoms with van der Waals surface area (Å²) in [5.41, 5.74) is 10.2. The zero-order valence-corrected chi connectivity index (χ0v) is 27.3. The van der Waals surface area contributed by atoms with Gasteiger partial charge in [0.05, 0.1) is 16.7 Å². The molecule has 48 heavy (non-hydrogen) atoms. The molecule has 0 saturated heterocycles. The molecule has 0 atom stereocenters. The van der Waals surface area contributed by atoms with Crippen LogP contribution in [0.1, 0.15) is 26.3 Å². The van der Waals surface area contributed by atoms with E-state index in [4.69, 9.17) is 9.97 Å². The summed E-state index contributed by atoms with van der Waals surface area (Å²) >= 11 is 0. The molecular formula is C46H34N2. The van der Waals surface area contributed by atoms with Crippen molar-refractivity contribution in [2.24, 2.45) is 0 Å². The van der Waals surface area contributed by atoms with Gasteiger partial charge in [0.2, 0.25) is 0 Å². The monoisotopic (exact) mass is 614 g/mol. The molecule has 0 aliphatic carbocycles. The van der Waals surface area contributed by atoms with Crippen molar-refractivity contribution in [3.05, 3.63) is 157 Å². The Morgan fingerprint density at radius 3 is 1.79 bits per heavy atom. The molecule has 0 spiro atoms. The van der Waals surface area contributed by atoms with Gasteiger partial charge in [-0.05, 0) is 95.9 Å². The maximum Gasteiger partial charge on any atom is 0.0972 e. The van der Waals surface area contributed by atoms with E-state index >= 15 is 0 Å². The summed E-state index contributed by atoms with van der Waals surface area (Å²) in [5, 5.41) is 9.50. The average Bonchev–Trinajstić information content (AvgIpc) is 3.13. The van der Waals surface area contributed by atoms with Crippen LogP contribution in [0.3, 0.4) is 0 Å². The fourth-order valence-electron chi connectivity index (χ4n) is 7.38. The number of fused-ring (bicyclic) bond motifs is 6. The Hall–Kier alpha value is -5.86. The Morgan fingerprint density at radius 2 is 1.04 bits per heavy atom. The third kappa shape index (κ3) is 4.56. The first-order valence-electron chi connectivity index (χ1n) is 16.7. The van der Waals surface area contributed by atoms with Gasteiger partial charge in [-0.2, -0.15) is 0 Å². The van der Waals surface area contributed by atoms with Crippen molar-refractivity contribution in [3.63, 3.8) is 0 Å². The first kappa shape index (κ1) is 28.4. The van der Waals surface area contributed by atoms with Crippen LogP contribution in [-0.4, -0.2) is 9.97 Å². The number of rotatable bonds is 3. The van der Waals surface area contributed by atoms with Gasteiger partial charge in [0.25, 0.3) is 0 Å². The zero-order valence-electron chi connectivity index (χ0n) is 27.3. The lowest BCUT2D eigenvalue weighted by molar-refractivity contribution is 0.591. The summed E-state index contributed by atoms with van der Waals surface area (Å²) in [7, 11) is 0. The van der Waals surface area contributed by atoms with Gasteiger partial charge >= 0.3 is 0 Å². The summed E-state index contributed by atoms with van der Waals surface area (Å²) in [6.45, 7) is 6.89. The standard InChI is InChI=1S/C46H34N2/c1-46(2,3)34-22-23-37-40(28-34)42(39-27-33-15-8-7-14-32(33)26-38(39)29-12-5-4-6-13-29)35-17-9-10-18-36(35)43(37)41-24-21-31-20-19-30-16-11-25-47-44(30)45(31)48-41/h4-28H,1-3H3. The highest BCUT2D eigenvalue weighted by atomic mass is 14.8. The lowest BCUT2D eigenvalue weighted by atomic mass is 9.80. The molecule has 0 radical (unpaired) electrons. The Kier molecular flexibility index (Phi) is 6.42. The smallest absolute Gasteiger partial charge is 0.0972 e. The Balaban J connectivity index is 1.45. The van der Waals surface area contributed by atoms with Crippen LogP contribution < -0.4 is 0 Å². The molecule has 0 aliphatic rings. The van der Waals surface area contributed by atoms with E-state index in [0.717, 1.165) is 33.1 Å². The predicted molar refractivity (Wildman–Crippen MR) is 205 cm³/mol. The van der Waals surface area contributed by atoms with Crippen molar-refractivity contribution in [1.82, 2.24) is 9.97 Å². The van der Waals surface area contributed by atoms with E-state index in [9.17, 15) is 0 Å². The molecule has 0 N–H and O–H groups in total. The van der Waals surface area contributed by atoms with Crippen LogP contribution in [0.5, 0.6) is 0 Å². The molecule has 9 aromatic rings. The molecule has 2 nitrogen and oxygen atoms in total. The quantitative estimate of drug-likeness (QED) is 0.146. The number of hydrogen-bond acceptors (Lipinski definition) is 2. The van der Waals surface area contributed by atoms with E-state index in [1.807, 2.05) is 12.3 Å². The fourth-order valence-corrected chi connectivity index (χ4v) is 7.38. The molecular weight excluding hydrogens is 581 g/mol. The molecule has 0 saturated carbocycles. The largest absolute Gasteiger partial charge is 0.254 e. The Morgan fingerprint density at radius 1 is 0.438 bits per heavy atom. The maximum absolute atomic E-state index is 5.39. The van der Waals surface area contributed by atoms with Crippen LogP contribution in [0.25, 0.3) is 87.6 Å². The van der Waals surface area contributed by atoms with Gasteiger partial charge in [-0.25, -0.2) is 4.98 Å². The number of hydrogen-bond donors (Lipinski definition) is 0. The normalized spacial score (nSPS) is 12.1. The van der Waals surface area contributed by atoms with Gasteiger partial charge in [-0.3, -0.25) is 4.98 Å². The summed E-state index contributed by atoms with van der Waals surface area (Å²) < 4.78 is 0. The fraction of sp³-hybridized carbons (Fsp3) is 0.0870. The van der Waals surface area contributed by atoms with Gasteiger partial charge in [0.1, 0.15) is 0 Å². The SMILES string of the molecule is CC(C)(C)c1ccc2c(-c3ccc4ccc5cccnc5c4n3)c3ccccc3c(-c3cc4ccccc4cc3-c3ccccc3)c2c1. The number of pyridine rings is 2. The van der Waals surface area contributed by atoms with E-state index in [0.29, 0.717) is 0 Å². The second kappa shape index (κ2) is 10.9. The molecule has 0 amide bonds. The molecule has 228 valence electrons. The Bertz CT molecular complexity index is 2700. The molecule has 0 unspecified atom stereocenters. The topological polar surface area (TPSA) is 25.8 Å². The van der Waals surface area contributed by atoms with Gasteiger partial charge in [-0.1, -0.05) is 136 Å². The first-order chi connectivity index (χ1) is 23.4. The molecule has 0 aliphatic heterocycles. The molecule has 2 aromatic heterocycles. The first-order valence-corrected chi connectivity index (χ1v) is 16.7. The molecule has 7 aromatic carbocycles. The van der Waals surface area contributed by atoms with Crippen LogP contribution in [0, 0.1) is 0 Å². The minimum Gasteiger partial charge on any atom is -0.254 e. The minimum atomic E-state index is -0.0191. The number of nitrogens with zero attached hydrogens (tertiary/aromatic N) is 2. The van der Waals surface area contributed by atoms with E-state index in [1.54, 1.807) is 0 Å². The third-order valence-corrected chi connectivity index (χ3v) is 9.82. The van der Waals surface area contributed by atoms with Crippen LogP contribution in [0.2, 0.25) is 0 Å². The van der Waals surface area contributed by atoms with Crippen LogP contribution in [-0.2, 0) is 5.41 Å². The number of aromatic nitrogens is 2.